The van der Waals surface area contributed by atoms with Gasteiger partial charge >= 0.3 is 0 Å². The third-order valence-electron chi connectivity index (χ3n) is 2.77. The van der Waals surface area contributed by atoms with Crippen LogP contribution in [0, 0.1) is 0 Å². The molecule has 3 N–H and O–H groups in total. The van der Waals surface area contributed by atoms with E-state index >= 15 is 0 Å². The highest BCUT2D eigenvalue weighted by molar-refractivity contribution is 5.94. The lowest BCUT2D eigenvalue weighted by atomic mass is 10.0. The molecule has 1 heterocycles. The Morgan fingerprint density at radius 3 is 2.69 bits per heavy atom. The number of rotatable bonds is 3. The van der Waals surface area contributed by atoms with Gasteiger partial charge in [-0.3, -0.25) is 9.59 Å². The number of carbonyl (C=O) groups excluding carboxylic acids is 1. The van der Waals surface area contributed by atoms with Crippen molar-refractivity contribution in [2.24, 2.45) is 5.73 Å². The molecule has 0 radical (unpaired) electrons. The molecule has 5 nitrogen and oxygen atoms in total. The number of aromatic amines is 1. The summed E-state index contributed by atoms with van der Waals surface area (Å²) in [7, 11) is 1.64. The summed E-state index contributed by atoms with van der Waals surface area (Å²) >= 11 is 0. The topological polar surface area (TPSA) is 79.2 Å². The average molecular weight is 223 g/mol. The highest BCUT2D eigenvalue weighted by atomic mass is 16.2. The third kappa shape index (κ3) is 2.30. The molecule has 0 aromatic carbocycles. The number of pyridine rings is 1. The minimum Gasteiger partial charge on any atom is -0.367 e. The van der Waals surface area contributed by atoms with Crippen LogP contribution in [0.4, 0.5) is 0 Å². The molecule has 5 heteroatoms. The van der Waals surface area contributed by atoms with E-state index in [-0.39, 0.29) is 16.9 Å². The summed E-state index contributed by atoms with van der Waals surface area (Å²) in [6.07, 6.45) is 2.90. The number of hydrogen-bond acceptors (Lipinski definition) is 3. The van der Waals surface area contributed by atoms with Gasteiger partial charge in [0.15, 0.2) is 5.43 Å². The summed E-state index contributed by atoms with van der Waals surface area (Å²) in [5.74, 6) is -0.322. The smallest absolute Gasteiger partial charge is 0.259 e. The molecule has 0 bridgehead atoms. The Morgan fingerprint density at radius 2 is 2.19 bits per heavy atom. The lowest BCUT2D eigenvalue weighted by Crippen LogP contribution is -2.50. The standard InChI is InChI=1S/C11H17N3O2/c1-11(2,7-12)14(3)10(16)8-6-13-5-4-9(8)15/h4-6H,7,12H2,1-3H3,(H,13,15). The molecule has 0 saturated carbocycles. The molecule has 0 saturated heterocycles. The van der Waals surface area contributed by atoms with E-state index in [9.17, 15) is 9.59 Å². The van der Waals surface area contributed by atoms with Crippen molar-refractivity contribution in [3.05, 3.63) is 34.2 Å². The Morgan fingerprint density at radius 1 is 1.56 bits per heavy atom. The summed E-state index contributed by atoms with van der Waals surface area (Å²) in [4.78, 5) is 27.7. The normalized spacial score (nSPS) is 11.2. The van der Waals surface area contributed by atoms with Crippen LogP contribution < -0.4 is 11.2 Å². The van der Waals surface area contributed by atoms with Gasteiger partial charge in [0.05, 0.1) is 0 Å². The van der Waals surface area contributed by atoms with E-state index in [1.54, 1.807) is 7.05 Å². The number of nitrogens with one attached hydrogen (secondary N) is 1. The fourth-order valence-corrected chi connectivity index (χ4v) is 1.18. The van der Waals surface area contributed by atoms with Crippen molar-refractivity contribution in [1.29, 1.82) is 0 Å². The van der Waals surface area contributed by atoms with Crippen molar-refractivity contribution in [3.63, 3.8) is 0 Å². The van der Waals surface area contributed by atoms with Crippen LogP contribution in [0.25, 0.3) is 0 Å². The molecule has 1 aromatic rings. The lowest BCUT2D eigenvalue weighted by Gasteiger charge is -2.34. The molecule has 1 aromatic heterocycles. The van der Waals surface area contributed by atoms with E-state index in [0.717, 1.165) is 0 Å². The van der Waals surface area contributed by atoms with E-state index in [1.807, 2.05) is 13.8 Å². The van der Waals surface area contributed by atoms with Crippen LogP contribution in [-0.2, 0) is 0 Å². The van der Waals surface area contributed by atoms with Gasteiger partial charge in [-0.05, 0) is 13.8 Å². The monoisotopic (exact) mass is 223 g/mol. The Labute approximate surface area is 94.3 Å². The van der Waals surface area contributed by atoms with Gasteiger partial charge in [0, 0.05) is 37.6 Å². The van der Waals surface area contributed by atoms with Crippen LogP contribution in [0.15, 0.2) is 23.3 Å². The summed E-state index contributed by atoms with van der Waals surface area (Å²) < 4.78 is 0. The second kappa shape index (κ2) is 4.49. The van der Waals surface area contributed by atoms with Crippen LogP contribution >= 0.6 is 0 Å². The zero-order valence-electron chi connectivity index (χ0n) is 9.78. The van der Waals surface area contributed by atoms with E-state index in [4.69, 9.17) is 5.73 Å². The second-order valence-electron chi connectivity index (χ2n) is 4.30. The maximum atomic E-state index is 12.0. The summed E-state index contributed by atoms with van der Waals surface area (Å²) in [5, 5.41) is 0. The van der Waals surface area contributed by atoms with Gasteiger partial charge in [0.25, 0.3) is 5.91 Å². The number of carbonyl (C=O) groups is 1. The first kappa shape index (κ1) is 12.4. The third-order valence-corrected chi connectivity index (χ3v) is 2.77. The summed E-state index contributed by atoms with van der Waals surface area (Å²) in [6.45, 7) is 4.03. The number of hydrogen-bond donors (Lipinski definition) is 2. The van der Waals surface area contributed by atoms with Crippen molar-refractivity contribution >= 4 is 5.91 Å². The van der Waals surface area contributed by atoms with Crippen molar-refractivity contribution in [2.45, 2.75) is 19.4 Å². The molecule has 0 fully saturated rings. The molecule has 0 aliphatic heterocycles. The first-order valence-corrected chi connectivity index (χ1v) is 5.05. The van der Waals surface area contributed by atoms with Crippen LogP contribution in [0.3, 0.4) is 0 Å². The molecule has 0 spiro atoms. The zero-order valence-corrected chi connectivity index (χ0v) is 9.78. The number of amides is 1. The number of nitrogens with two attached hydrogens (primary N) is 1. The average Bonchev–Trinajstić information content (AvgIpc) is 2.27. The van der Waals surface area contributed by atoms with Crippen LogP contribution in [0.2, 0.25) is 0 Å². The van der Waals surface area contributed by atoms with Crippen molar-refractivity contribution in [3.8, 4) is 0 Å². The highest BCUT2D eigenvalue weighted by Gasteiger charge is 2.27. The Kier molecular flexibility index (Phi) is 3.49. The minimum atomic E-state index is -0.473. The Hall–Kier alpha value is -1.62. The molecule has 1 amide bonds. The Balaban J connectivity index is 3.05. The van der Waals surface area contributed by atoms with Crippen LogP contribution in [-0.4, -0.2) is 34.9 Å². The van der Waals surface area contributed by atoms with Crippen LogP contribution in [0.5, 0.6) is 0 Å². The molecule has 0 atom stereocenters. The van der Waals surface area contributed by atoms with Crippen molar-refractivity contribution in [2.75, 3.05) is 13.6 Å². The molecular weight excluding hydrogens is 206 g/mol. The summed E-state index contributed by atoms with van der Waals surface area (Å²) in [5.41, 5.74) is 4.95. The molecule has 1 rings (SSSR count). The Bertz CT molecular complexity index is 437. The number of likely N-dealkylation sites (N-methyl/N-ethyl adjacent to an activating group) is 1. The number of aromatic nitrogens is 1. The van der Waals surface area contributed by atoms with E-state index in [2.05, 4.69) is 4.98 Å². The van der Waals surface area contributed by atoms with Gasteiger partial charge in [-0.1, -0.05) is 0 Å². The maximum absolute atomic E-state index is 12.0. The first-order valence-electron chi connectivity index (χ1n) is 5.05. The zero-order chi connectivity index (χ0) is 12.3. The quantitative estimate of drug-likeness (QED) is 0.767. The molecule has 0 aliphatic carbocycles. The minimum absolute atomic E-state index is 0.131. The van der Waals surface area contributed by atoms with Gasteiger partial charge < -0.3 is 15.6 Å². The molecule has 0 aliphatic rings. The molecule has 0 unspecified atom stereocenters. The van der Waals surface area contributed by atoms with E-state index in [0.29, 0.717) is 6.54 Å². The predicted molar refractivity (Wildman–Crippen MR) is 62.3 cm³/mol. The fraction of sp³-hybridized carbons (Fsp3) is 0.455. The van der Waals surface area contributed by atoms with Crippen molar-refractivity contribution in [1.82, 2.24) is 9.88 Å². The molecular formula is C11H17N3O2. The maximum Gasteiger partial charge on any atom is 0.259 e. The molecule has 16 heavy (non-hydrogen) atoms. The van der Waals surface area contributed by atoms with Gasteiger partial charge in [-0.2, -0.15) is 0 Å². The first-order chi connectivity index (χ1) is 7.40. The van der Waals surface area contributed by atoms with Gasteiger partial charge in [-0.15, -0.1) is 0 Å². The highest BCUT2D eigenvalue weighted by Crippen LogP contribution is 2.12. The van der Waals surface area contributed by atoms with Crippen molar-refractivity contribution < 1.29 is 4.79 Å². The van der Waals surface area contributed by atoms with E-state index < -0.39 is 5.54 Å². The SMILES string of the molecule is CN(C(=O)c1c[nH]ccc1=O)C(C)(C)CN. The lowest BCUT2D eigenvalue weighted by molar-refractivity contribution is 0.0638. The predicted octanol–water partition coefficient (Wildman–Crippen LogP) is 0.184. The number of nitrogens with zero attached hydrogens (tertiary/aromatic N) is 1. The van der Waals surface area contributed by atoms with Gasteiger partial charge in [0.2, 0.25) is 0 Å². The van der Waals surface area contributed by atoms with Gasteiger partial charge in [0.1, 0.15) is 5.56 Å². The summed E-state index contributed by atoms with van der Waals surface area (Å²) in [6, 6.07) is 1.33. The van der Waals surface area contributed by atoms with E-state index in [1.165, 1.54) is 23.4 Å². The fourth-order valence-electron chi connectivity index (χ4n) is 1.18. The second-order valence-corrected chi connectivity index (χ2v) is 4.30. The van der Waals surface area contributed by atoms with Gasteiger partial charge in [-0.25, -0.2) is 0 Å². The van der Waals surface area contributed by atoms with Crippen LogP contribution in [0.1, 0.15) is 24.2 Å². The molecule has 88 valence electrons. The largest absolute Gasteiger partial charge is 0.367 e. The number of H-pyrrole nitrogens is 1.